The van der Waals surface area contributed by atoms with Gasteiger partial charge in [0.2, 0.25) is 0 Å². The van der Waals surface area contributed by atoms with Crippen molar-refractivity contribution in [1.82, 2.24) is 0 Å². The van der Waals surface area contributed by atoms with Crippen LogP contribution in [0.2, 0.25) is 0 Å². The van der Waals surface area contributed by atoms with E-state index in [1.807, 2.05) is 24.3 Å². The molecule has 0 fully saturated rings. The molecule has 0 N–H and O–H groups in total. The molecule has 0 radical (unpaired) electrons. The molecule has 0 aliphatic carbocycles. The zero-order chi connectivity index (χ0) is 11.4. The van der Waals surface area contributed by atoms with Gasteiger partial charge in [-0.15, -0.1) is 11.6 Å². The van der Waals surface area contributed by atoms with Crippen LogP contribution in [0.5, 0.6) is 0 Å². The monoisotopic (exact) mass is 224 g/mol. The molecule has 2 heteroatoms. The predicted molar refractivity (Wildman–Crippen MR) is 64.3 cm³/mol. The smallest absolute Gasteiger partial charge is 0.152 e. The van der Waals surface area contributed by atoms with E-state index in [1.165, 1.54) is 12.5 Å². The maximum absolute atomic E-state index is 11.1. The topological polar surface area (TPSA) is 17.1 Å². The molecular weight excluding hydrogens is 208 g/mol. The third kappa shape index (κ3) is 3.67. The van der Waals surface area contributed by atoms with Crippen LogP contribution in [0.15, 0.2) is 24.3 Å². The van der Waals surface area contributed by atoms with Crippen molar-refractivity contribution in [2.75, 3.05) is 0 Å². The summed E-state index contributed by atoms with van der Waals surface area (Å²) in [6.45, 7) is 5.89. The third-order valence-electron chi connectivity index (χ3n) is 2.27. The van der Waals surface area contributed by atoms with Crippen LogP contribution in [-0.4, -0.2) is 5.78 Å². The second kappa shape index (κ2) is 5.32. The van der Waals surface area contributed by atoms with Crippen LogP contribution >= 0.6 is 11.6 Å². The van der Waals surface area contributed by atoms with Crippen molar-refractivity contribution in [3.63, 3.8) is 0 Å². The molecule has 0 bridgehead atoms. The number of halogens is 1. The van der Waals surface area contributed by atoms with Crippen LogP contribution in [0.1, 0.15) is 37.3 Å². The van der Waals surface area contributed by atoms with E-state index in [0.29, 0.717) is 5.92 Å². The summed E-state index contributed by atoms with van der Waals surface area (Å²) in [7, 11) is 0. The summed E-state index contributed by atoms with van der Waals surface area (Å²) in [6, 6.07) is 7.98. The van der Waals surface area contributed by atoms with Gasteiger partial charge in [-0.3, -0.25) is 4.79 Å². The molecule has 1 aromatic rings. The Kier molecular flexibility index (Phi) is 4.34. The highest BCUT2D eigenvalue weighted by Crippen LogP contribution is 2.22. The lowest BCUT2D eigenvalue weighted by Crippen LogP contribution is -2.02. The minimum absolute atomic E-state index is 0.00623. The standard InChI is InChI=1S/C13H17ClO/c1-9(2)8-11-4-6-12(7-5-11)13(14)10(3)15/h4-7,9,13H,8H2,1-3H3. The number of rotatable bonds is 4. The number of alkyl halides is 1. The minimum atomic E-state index is -0.502. The first-order valence-electron chi connectivity index (χ1n) is 5.24. The van der Waals surface area contributed by atoms with E-state index in [0.717, 1.165) is 12.0 Å². The molecule has 1 unspecified atom stereocenters. The first kappa shape index (κ1) is 12.3. The van der Waals surface area contributed by atoms with Crippen molar-refractivity contribution in [3.8, 4) is 0 Å². The van der Waals surface area contributed by atoms with Gasteiger partial charge in [0, 0.05) is 0 Å². The number of Topliss-reactive ketones (excluding diaryl/α,β-unsaturated/α-hetero) is 1. The van der Waals surface area contributed by atoms with Crippen LogP contribution in [0.4, 0.5) is 0 Å². The van der Waals surface area contributed by atoms with E-state index in [4.69, 9.17) is 11.6 Å². The number of benzene rings is 1. The summed E-state index contributed by atoms with van der Waals surface area (Å²) in [5.74, 6) is 0.642. The lowest BCUT2D eigenvalue weighted by atomic mass is 10.0. The highest BCUT2D eigenvalue weighted by Gasteiger charge is 2.12. The molecule has 0 amide bonds. The molecule has 0 aliphatic rings. The minimum Gasteiger partial charge on any atom is -0.298 e. The zero-order valence-corrected chi connectivity index (χ0v) is 10.2. The average Bonchev–Trinajstić information content (AvgIpc) is 2.17. The van der Waals surface area contributed by atoms with E-state index in [1.54, 1.807) is 0 Å². The fourth-order valence-corrected chi connectivity index (χ4v) is 1.67. The fraction of sp³-hybridized carbons (Fsp3) is 0.462. The molecular formula is C13H17ClO. The molecule has 0 spiro atoms. The molecule has 1 aromatic carbocycles. The molecule has 1 atom stereocenters. The Bertz CT molecular complexity index is 327. The van der Waals surface area contributed by atoms with Gasteiger partial charge in [-0.05, 0) is 30.4 Å². The molecule has 0 saturated carbocycles. The lowest BCUT2D eigenvalue weighted by molar-refractivity contribution is -0.116. The van der Waals surface area contributed by atoms with E-state index in [-0.39, 0.29) is 5.78 Å². The average molecular weight is 225 g/mol. The quantitative estimate of drug-likeness (QED) is 0.712. The van der Waals surface area contributed by atoms with Crippen molar-refractivity contribution in [3.05, 3.63) is 35.4 Å². The Hall–Kier alpha value is -0.820. The van der Waals surface area contributed by atoms with Crippen molar-refractivity contribution in [2.24, 2.45) is 5.92 Å². The van der Waals surface area contributed by atoms with Gasteiger partial charge in [-0.2, -0.15) is 0 Å². The largest absolute Gasteiger partial charge is 0.298 e. The summed E-state index contributed by atoms with van der Waals surface area (Å²) < 4.78 is 0. The summed E-state index contributed by atoms with van der Waals surface area (Å²) in [5, 5.41) is -0.502. The van der Waals surface area contributed by atoms with Gasteiger partial charge < -0.3 is 0 Å². The number of ketones is 1. The normalized spacial score (nSPS) is 12.9. The van der Waals surface area contributed by atoms with Gasteiger partial charge in [0.25, 0.3) is 0 Å². The van der Waals surface area contributed by atoms with Gasteiger partial charge in [-0.25, -0.2) is 0 Å². The Morgan fingerprint density at radius 2 is 1.80 bits per heavy atom. The SMILES string of the molecule is CC(=O)C(Cl)c1ccc(CC(C)C)cc1. The summed E-state index contributed by atoms with van der Waals surface area (Å²) in [4.78, 5) is 11.1. The maximum atomic E-state index is 11.1. The predicted octanol–water partition coefficient (Wildman–Crippen LogP) is 3.75. The molecule has 82 valence electrons. The van der Waals surface area contributed by atoms with Crippen molar-refractivity contribution in [1.29, 1.82) is 0 Å². The third-order valence-corrected chi connectivity index (χ3v) is 2.83. The highest BCUT2D eigenvalue weighted by atomic mass is 35.5. The molecule has 1 nitrogen and oxygen atoms in total. The summed E-state index contributed by atoms with van der Waals surface area (Å²) in [6.07, 6.45) is 1.06. The Balaban J connectivity index is 2.76. The molecule has 1 rings (SSSR count). The van der Waals surface area contributed by atoms with Gasteiger partial charge in [0.1, 0.15) is 5.38 Å². The molecule has 0 aliphatic heterocycles. The number of hydrogen-bond acceptors (Lipinski definition) is 1. The van der Waals surface area contributed by atoms with Crippen LogP contribution in [-0.2, 0) is 11.2 Å². The highest BCUT2D eigenvalue weighted by molar-refractivity contribution is 6.30. The Morgan fingerprint density at radius 1 is 1.27 bits per heavy atom. The van der Waals surface area contributed by atoms with Crippen LogP contribution in [0.25, 0.3) is 0 Å². The Morgan fingerprint density at radius 3 is 2.20 bits per heavy atom. The second-order valence-electron chi connectivity index (χ2n) is 4.31. The van der Waals surface area contributed by atoms with Crippen LogP contribution < -0.4 is 0 Å². The lowest BCUT2D eigenvalue weighted by Gasteiger charge is -2.08. The number of hydrogen-bond donors (Lipinski definition) is 0. The number of carbonyl (C=O) groups excluding carboxylic acids is 1. The van der Waals surface area contributed by atoms with E-state index >= 15 is 0 Å². The van der Waals surface area contributed by atoms with E-state index < -0.39 is 5.38 Å². The van der Waals surface area contributed by atoms with Gasteiger partial charge >= 0.3 is 0 Å². The molecule has 15 heavy (non-hydrogen) atoms. The molecule has 0 aromatic heterocycles. The zero-order valence-electron chi connectivity index (χ0n) is 9.46. The maximum Gasteiger partial charge on any atom is 0.152 e. The Labute approximate surface area is 96.5 Å². The van der Waals surface area contributed by atoms with Crippen molar-refractivity contribution >= 4 is 17.4 Å². The second-order valence-corrected chi connectivity index (χ2v) is 4.75. The fourth-order valence-electron chi connectivity index (χ4n) is 1.53. The van der Waals surface area contributed by atoms with Gasteiger partial charge in [0.05, 0.1) is 0 Å². The van der Waals surface area contributed by atoms with E-state index in [9.17, 15) is 4.79 Å². The molecule has 0 saturated heterocycles. The molecule has 0 heterocycles. The van der Waals surface area contributed by atoms with Crippen molar-refractivity contribution in [2.45, 2.75) is 32.6 Å². The summed E-state index contributed by atoms with van der Waals surface area (Å²) >= 11 is 5.95. The van der Waals surface area contributed by atoms with Crippen molar-refractivity contribution < 1.29 is 4.79 Å². The number of carbonyl (C=O) groups is 1. The first-order valence-corrected chi connectivity index (χ1v) is 5.67. The van der Waals surface area contributed by atoms with E-state index in [2.05, 4.69) is 13.8 Å². The van der Waals surface area contributed by atoms with Crippen LogP contribution in [0.3, 0.4) is 0 Å². The first-order chi connectivity index (χ1) is 7.00. The van der Waals surface area contributed by atoms with Gasteiger partial charge in [-0.1, -0.05) is 38.1 Å². The van der Waals surface area contributed by atoms with Crippen LogP contribution in [0, 0.1) is 5.92 Å². The van der Waals surface area contributed by atoms with Gasteiger partial charge in [0.15, 0.2) is 5.78 Å². The summed E-state index contributed by atoms with van der Waals surface area (Å²) in [5.41, 5.74) is 2.18.